The zero-order chi connectivity index (χ0) is 27.8. The number of unbranched alkanes of at least 4 members (excludes halogenated alkanes) is 2. The lowest BCUT2D eigenvalue weighted by Gasteiger charge is -2.19. The second-order valence-corrected chi connectivity index (χ2v) is 10.0. The number of esters is 2. The summed E-state index contributed by atoms with van der Waals surface area (Å²) in [5.74, 6) is -6.48. The molecule has 0 bridgehead atoms. The molecule has 2 N–H and O–H groups in total. The van der Waals surface area contributed by atoms with Crippen LogP contribution in [0, 0.1) is 0 Å². The first kappa shape index (κ1) is 34.2. The smallest absolute Gasteiger partial charge is 0.464 e. The maximum absolute atomic E-state index is 12.6. The molecule has 0 aromatic heterocycles. The number of hydrogen-bond acceptors (Lipinski definition) is 8. The van der Waals surface area contributed by atoms with E-state index in [1.807, 2.05) is 13.8 Å². The van der Waals surface area contributed by atoms with Crippen molar-refractivity contribution >= 4 is 45.3 Å². The largest absolute Gasteiger partial charge is 0.471 e. The van der Waals surface area contributed by atoms with E-state index in [2.05, 4.69) is 0 Å². The highest BCUT2D eigenvalue weighted by molar-refractivity contribution is 8.76. The van der Waals surface area contributed by atoms with Crippen LogP contribution in [-0.4, -0.2) is 72.9 Å². The molecule has 0 aliphatic heterocycles. The summed E-state index contributed by atoms with van der Waals surface area (Å²) in [5.41, 5.74) is 0. The Morgan fingerprint density at radius 2 is 1.03 bits per heavy atom. The fourth-order valence-corrected chi connectivity index (χ4v) is 4.45. The van der Waals surface area contributed by atoms with E-state index in [1.165, 1.54) is 0 Å². The minimum absolute atomic E-state index is 0.0188. The van der Waals surface area contributed by atoms with Crippen LogP contribution in [0.25, 0.3) is 0 Å². The van der Waals surface area contributed by atoms with Crippen LogP contribution >= 0.6 is 21.6 Å². The molecule has 0 spiro atoms. The van der Waals surface area contributed by atoms with Gasteiger partial charge in [-0.15, -0.1) is 0 Å². The van der Waals surface area contributed by atoms with Gasteiger partial charge >= 0.3 is 36.1 Å². The maximum atomic E-state index is 12.6. The minimum Gasteiger partial charge on any atom is -0.464 e. The number of halogens is 6. The number of nitrogens with one attached hydrogen (secondary N) is 2. The Morgan fingerprint density at radius 1 is 0.694 bits per heavy atom. The zero-order valence-corrected chi connectivity index (χ0v) is 21.4. The average Bonchev–Trinajstić information content (AvgIpc) is 2.78. The molecule has 8 nitrogen and oxygen atoms in total. The van der Waals surface area contributed by atoms with Crippen molar-refractivity contribution in [3.63, 3.8) is 0 Å². The molecule has 0 saturated heterocycles. The van der Waals surface area contributed by atoms with Crippen molar-refractivity contribution in [2.45, 2.75) is 76.8 Å². The van der Waals surface area contributed by atoms with E-state index >= 15 is 0 Å². The van der Waals surface area contributed by atoms with Gasteiger partial charge in [0.05, 0.1) is 13.2 Å². The molecule has 16 heteroatoms. The first-order chi connectivity index (χ1) is 16.7. The first-order valence-electron chi connectivity index (χ1n) is 11.1. The molecule has 0 aliphatic carbocycles. The van der Waals surface area contributed by atoms with Crippen molar-refractivity contribution in [2.75, 3.05) is 24.7 Å². The molecular weight excluding hydrogens is 542 g/mol. The molecule has 0 radical (unpaired) electrons. The lowest BCUT2D eigenvalue weighted by atomic mass is 10.2. The van der Waals surface area contributed by atoms with Gasteiger partial charge in [-0.1, -0.05) is 48.3 Å². The summed E-state index contributed by atoms with van der Waals surface area (Å²) in [6, 6.07) is -3.09. The van der Waals surface area contributed by atoms with Gasteiger partial charge in [-0.2, -0.15) is 26.3 Å². The van der Waals surface area contributed by atoms with Crippen LogP contribution in [0.15, 0.2) is 0 Å². The molecule has 2 amide bonds. The molecule has 0 aromatic rings. The number of amides is 2. The van der Waals surface area contributed by atoms with E-state index < -0.39 is 48.2 Å². The molecule has 2 unspecified atom stereocenters. The monoisotopic (exact) mass is 572 g/mol. The fraction of sp³-hybridized carbons (Fsp3) is 0.800. The number of ether oxygens (including phenoxy) is 2. The summed E-state index contributed by atoms with van der Waals surface area (Å²) < 4.78 is 85.1. The van der Waals surface area contributed by atoms with Crippen molar-refractivity contribution in [1.82, 2.24) is 10.6 Å². The van der Waals surface area contributed by atoms with Crippen molar-refractivity contribution in [2.24, 2.45) is 0 Å². The molecule has 2 atom stereocenters. The predicted octanol–water partition coefficient (Wildman–Crippen LogP) is 3.93. The quantitative estimate of drug-likeness (QED) is 0.117. The topological polar surface area (TPSA) is 111 Å². The molecule has 0 rings (SSSR count). The third-order valence-electron chi connectivity index (χ3n) is 4.24. The van der Waals surface area contributed by atoms with Crippen molar-refractivity contribution < 1.29 is 55.0 Å². The third kappa shape index (κ3) is 15.3. The summed E-state index contributed by atoms with van der Waals surface area (Å²) in [6.45, 7) is 3.59. The van der Waals surface area contributed by atoms with Gasteiger partial charge in [-0.05, 0) is 25.7 Å². The van der Waals surface area contributed by atoms with Crippen LogP contribution in [-0.2, 0) is 28.7 Å². The Kier molecular flexibility index (Phi) is 16.7. The van der Waals surface area contributed by atoms with Gasteiger partial charge in [-0.25, -0.2) is 9.59 Å². The third-order valence-corrected chi connectivity index (χ3v) is 6.71. The van der Waals surface area contributed by atoms with Crippen LogP contribution in [0.1, 0.15) is 52.4 Å². The Balaban J connectivity index is 4.79. The molecule has 0 aliphatic rings. The summed E-state index contributed by atoms with van der Waals surface area (Å²) in [5, 5.41) is 3.18. The van der Waals surface area contributed by atoms with Crippen LogP contribution in [0.2, 0.25) is 0 Å². The molecular formula is C20H30F6N2O6S2. The van der Waals surface area contributed by atoms with E-state index in [0.717, 1.165) is 21.6 Å². The van der Waals surface area contributed by atoms with Gasteiger partial charge < -0.3 is 20.1 Å². The van der Waals surface area contributed by atoms with Crippen molar-refractivity contribution in [3.05, 3.63) is 0 Å². The Labute approximate surface area is 212 Å². The second kappa shape index (κ2) is 17.6. The van der Waals surface area contributed by atoms with E-state index in [9.17, 15) is 45.5 Å². The molecule has 0 fully saturated rings. The highest BCUT2D eigenvalue weighted by Gasteiger charge is 2.42. The van der Waals surface area contributed by atoms with E-state index in [4.69, 9.17) is 9.47 Å². The number of alkyl halides is 6. The number of hydrogen-bond donors (Lipinski definition) is 2. The highest BCUT2D eigenvalue weighted by atomic mass is 33.1. The first-order valence-corrected chi connectivity index (χ1v) is 13.6. The van der Waals surface area contributed by atoms with Crippen molar-refractivity contribution in [1.29, 1.82) is 0 Å². The summed E-state index contributed by atoms with van der Waals surface area (Å²) in [6.07, 6.45) is -8.47. The fourth-order valence-electron chi connectivity index (χ4n) is 2.26. The van der Waals surface area contributed by atoms with Gasteiger partial charge in [-0.3, -0.25) is 9.59 Å². The molecule has 36 heavy (non-hydrogen) atoms. The zero-order valence-electron chi connectivity index (χ0n) is 19.8. The van der Waals surface area contributed by atoms with Crippen molar-refractivity contribution in [3.8, 4) is 0 Å². The van der Waals surface area contributed by atoms with E-state index in [0.29, 0.717) is 25.7 Å². The Bertz CT molecular complexity index is 651. The van der Waals surface area contributed by atoms with Crippen LogP contribution < -0.4 is 10.6 Å². The average molecular weight is 573 g/mol. The standard InChI is InChI=1S/C20H30F6N2O6S2/c1-3-5-9-33-15(29)13(27-17(31)19(21,22)23)7-11-35-36-12-8-14(16(30)34-10-6-4-2)28-18(32)20(24,25)26/h13-14H,3-12H2,1-2H3,(H,27,31)(H,28,32). The number of carbonyl (C=O) groups excluding carboxylic acids is 4. The lowest BCUT2D eigenvalue weighted by Crippen LogP contribution is -2.47. The summed E-state index contributed by atoms with van der Waals surface area (Å²) in [4.78, 5) is 46.5. The Morgan fingerprint density at radius 3 is 1.31 bits per heavy atom. The van der Waals surface area contributed by atoms with E-state index in [1.54, 1.807) is 10.6 Å². The molecule has 0 aromatic carbocycles. The van der Waals surface area contributed by atoms with Gasteiger partial charge in [0, 0.05) is 11.5 Å². The lowest BCUT2D eigenvalue weighted by molar-refractivity contribution is -0.176. The van der Waals surface area contributed by atoms with Gasteiger partial charge in [0.1, 0.15) is 12.1 Å². The number of carbonyl (C=O) groups is 4. The van der Waals surface area contributed by atoms with Gasteiger partial charge in [0.15, 0.2) is 0 Å². The predicted molar refractivity (Wildman–Crippen MR) is 122 cm³/mol. The Hall–Kier alpha value is -1.84. The number of rotatable bonds is 17. The minimum atomic E-state index is -5.19. The normalized spacial score (nSPS) is 13.4. The maximum Gasteiger partial charge on any atom is 0.471 e. The van der Waals surface area contributed by atoms with E-state index in [-0.39, 0.29) is 37.6 Å². The summed E-state index contributed by atoms with van der Waals surface area (Å²) >= 11 is 0. The second-order valence-electron chi connectivity index (χ2n) is 7.31. The molecule has 0 heterocycles. The molecule has 210 valence electrons. The van der Waals surface area contributed by atoms with Gasteiger partial charge in [0.2, 0.25) is 0 Å². The highest BCUT2D eigenvalue weighted by Crippen LogP contribution is 2.25. The van der Waals surface area contributed by atoms with Crippen LogP contribution in [0.4, 0.5) is 26.3 Å². The molecule has 0 saturated carbocycles. The SMILES string of the molecule is CCCCOC(=O)C(CCSSCCC(NC(=O)C(F)(F)F)C(=O)OCCCC)NC(=O)C(F)(F)F. The van der Waals surface area contributed by atoms with Crippen LogP contribution in [0.5, 0.6) is 0 Å². The van der Waals surface area contributed by atoms with Crippen LogP contribution in [0.3, 0.4) is 0 Å². The van der Waals surface area contributed by atoms with Gasteiger partial charge in [0.25, 0.3) is 0 Å². The summed E-state index contributed by atoms with van der Waals surface area (Å²) in [7, 11) is 2.10.